The van der Waals surface area contributed by atoms with Crippen LogP contribution in [0.1, 0.15) is 19.4 Å². The number of carbonyl (C=O) groups is 1. The molecule has 0 aromatic heterocycles. The summed E-state index contributed by atoms with van der Waals surface area (Å²) in [6.07, 6.45) is -0.473. The van der Waals surface area contributed by atoms with Crippen LogP contribution in [0.15, 0.2) is 29.3 Å². The summed E-state index contributed by atoms with van der Waals surface area (Å²) in [5.74, 6) is 1.34. The van der Waals surface area contributed by atoms with Crippen molar-refractivity contribution in [1.82, 2.24) is 10.6 Å². The van der Waals surface area contributed by atoms with Gasteiger partial charge < -0.3 is 15.4 Å². The summed E-state index contributed by atoms with van der Waals surface area (Å²) in [5, 5.41) is 9.10. The summed E-state index contributed by atoms with van der Waals surface area (Å²) in [6, 6.07) is 7.54. The number of anilines is 1. The molecule has 0 fully saturated rings. The van der Waals surface area contributed by atoms with Crippen LogP contribution in [-0.2, 0) is 11.3 Å². The summed E-state index contributed by atoms with van der Waals surface area (Å²) in [4.78, 5) is 15.2. The van der Waals surface area contributed by atoms with Crippen LogP contribution >= 0.6 is 24.0 Å². The summed E-state index contributed by atoms with van der Waals surface area (Å²) in [6.45, 7) is 5.83. The molecule has 1 aromatic rings. The van der Waals surface area contributed by atoms with E-state index in [1.54, 1.807) is 7.05 Å². The number of benzene rings is 1. The van der Waals surface area contributed by atoms with E-state index in [9.17, 15) is 4.79 Å². The Morgan fingerprint density at radius 1 is 1.23 bits per heavy atom. The maximum atomic E-state index is 11.1. The van der Waals surface area contributed by atoms with Crippen molar-refractivity contribution in [3.05, 3.63) is 29.8 Å². The van der Waals surface area contributed by atoms with E-state index in [-0.39, 0.29) is 24.0 Å². The Balaban J connectivity index is 0.00000441. The van der Waals surface area contributed by atoms with Gasteiger partial charge in [0.25, 0.3) is 0 Å². The lowest BCUT2D eigenvalue weighted by Gasteiger charge is -2.13. The number of rotatable bonds is 5. The van der Waals surface area contributed by atoms with Crippen molar-refractivity contribution in [3.8, 4) is 0 Å². The summed E-state index contributed by atoms with van der Waals surface area (Å²) < 4.78 is 4.54. The molecule has 3 N–H and O–H groups in total. The lowest BCUT2D eigenvalue weighted by Crippen LogP contribution is -2.38. The predicted molar refractivity (Wildman–Crippen MR) is 101 cm³/mol. The molecule has 1 aromatic carbocycles. The highest BCUT2D eigenvalue weighted by atomic mass is 127. The van der Waals surface area contributed by atoms with Crippen LogP contribution in [0.25, 0.3) is 0 Å². The Hall–Kier alpha value is -1.51. The third-order valence-electron chi connectivity index (χ3n) is 2.75. The predicted octanol–water partition coefficient (Wildman–Crippen LogP) is 2.80. The lowest BCUT2D eigenvalue weighted by molar-refractivity contribution is 0.187. The van der Waals surface area contributed by atoms with E-state index in [1.807, 2.05) is 24.3 Å². The van der Waals surface area contributed by atoms with Crippen LogP contribution in [0.5, 0.6) is 0 Å². The van der Waals surface area contributed by atoms with Crippen LogP contribution in [-0.4, -0.2) is 32.8 Å². The van der Waals surface area contributed by atoms with Crippen molar-refractivity contribution in [2.24, 2.45) is 10.9 Å². The standard InChI is InChI=1S/C15H24N4O2.HI/c1-11(2)9-17-14(16-3)18-10-12-5-7-13(8-6-12)19-15(20)21-4;/h5-8,11H,9-10H2,1-4H3,(H,19,20)(H2,16,17,18);1H. The third kappa shape index (κ3) is 8.06. The monoisotopic (exact) mass is 420 g/mol. The Labute approximate surface area is 149 Å². The maximum absolute atomic E-state index is 11.1. The van der Waals surface area contributed by atoms with Crippen LogP contribution < -0.4 is 16.0 Å². The van der Waals surface area contributed by atoms with Crippen molar-refractivity contribution in [2.45, 2.75) is 20.4 Å². The minimum atomic E-state index is -0.473. The second-order valence-electron chi connectivity index (χ2n) is 5.01. The quantitative estimate of drug-likeness (QED) is 0.389. The van der Waals surface area contributed by atoms with Crippen molar-refractivity contribution in [2.75, 3.05) is 26.0 Å². The highest BCUT2D eigenvalue weighted by Gasteiger charge is 2.02. The number of aliphatic imine (C=N–C) groups is 1. The molecular weight excluding hydrogens is 395 g/mol. The van der Waals surface area contributed by atoms with Gasteiger partial charge in [-0.25, -0.2) is 4.79 Å². The van der Waals surface area contributed by atoms with Gasteiger partial charge in [-0.1, -0.05) is 26.0 Å². The van der Waals surface area contributed by atoms with E-state index in [0.717, 1.165) is 18.1 Å². The maximum Gasteiger partial charge on any atom is 0.411 e. The largest absolute Gasteiger partial charge is 0.453 e. The number of guanidine groups is 1. The second-order valence-corrected chi connectivity index (χ2v) is 5.01. The Morgan fingerprint density at radius 3 is 2.36 bits per heavy atom. The summed E-state index contributed by atoms with van der Waals surface area (Å²) in [7, 11) is 3.09. The minimum absolute atomic E-state index is 0. The molecule has 1 amide bonds. The van der Waals surface area contributed by atoms with Crippen molar-refractivity contribution in [1.29, 1.82) is 0 Å². The van der Waals surface area contributed by atoms with E-state index in [0.29, 0.717) is 18.2 Å². The number of amides is 1. The number of methoxy groups -OCH3 is 1. The molecule has 0 spiro atoms. The van der Waals surface area contributed by atoms with Gasteiger partial charge in [0.15, 0.2) is 5.96 Å². The van der Waals surface area contributed by atoms with Gasteiger partial charge in [0.1, 0.15) is 0 Å². The van der Waals surface area contributed by atoms with Crippen LogP contribution in [0, 0.1) is 5.92 Å². The fourth-order valence-corrected chi connectivity index (χ4v) is 1.58. The Bertz CT molecular complexity index is 475. The zero-order valence-electron chi connectivity index (χ0n) is 13.5. The van der Waals surface area contributed by atoms with Crippen LogP contribution in [0.3, 0.4) is 0 Å². The van der Waals surface area contributed by atoms with Crippen molar-refractivity contribution < 1.29 is 9.53 Å². The summed E-state index contributed by atoms with van der Waals surface area (Å²) in [5.41, 5.74) is 1.80. The summed E-state index contributed by atoms with van der Waals surface area (Å²) >= 11 is 0. The minimum Gasteiger partial charge on any atom is -0.453 e. The number of hydrogen-bond acceptors (Lipinski definition) is 3. The molecule has 0 atom stereocenters. The zero-order chi connectivity index (χ0) is 15.7. The number of nitrogens with zero attached hydrogens (tertiary/aromatic N) is 1. The fourth-order valence-electron chi connectivity index (χ4n) is 1.58. The molecular formula is C15H25IN4O2. The number of ether oxygens (including phenoxy) is 1. The SMILES string of the molecule is CN=C(NCc1ccc(NC(=O)OC)cc1)NCC(C)C.I. The Kier molecular flexibility index (Phi) is 10.3. The second kappa shape index (κ2) is 11.1. The van der Waals surface area contributed by atoms with Crippen LogP contribution in [0.4, 0.5) is 10.5 Å². The molecule has 124 valence electrons. The van der Waals surface area contributed by atoms with Gasteiger partial charge in [0.2, 0.25) is 0 Å². The van der Waals surface area contributed by atoms with Crippen molar-refractivity contribution >= 4 is 41.7 Å². The first-order valence-corrected chi connectivity index (χ1v) is 6.93. The molecule has 22 heavy (non-hydrogen) atoms. The number of carbonyl (C=O) groups excluding carboxylic acids is 1. The highest BCUT2D eigenvalue weighted by molar-refractivity contribution is 14.0. The molecule has 0 saturated heterocycles. The average molecular weight is 420 g/mol. The highest BCUT2D eigenvalue weighted by Crippen LogP contribution is 2.09. The first-order chi connectivity index (χ1) is 10.0. The number of nitrogens with one attached hydrogen (secondary N) is 3. The first kappa shape index (κ1) is 20.5. The zero-order valence-corrected chi connectivity index (χ0v) is 15.8. The normalized spacial score (nSPS) is 10.7. The van der Waals surface area contributed by atoms with Crippen LogP contribution in [0.2, 0.25) is 0 Å². The number of hydrogen-bond donors (Lipinski definition) is 3. The van der Waals surface area contributed by atoms with E-state index < -0.39 is 6.09 Å². The third-order valence-corrected chi connectivity index (χ3v) is 2.75. The van der Waals surface area contributed by atoms with Gasteiger partial charge in [-0.3, -0.25) is 10.3 Å². The molecule has 0 aliphatic heterocycles. The molecule has 1 rings (SSSR count). The van der Waals surface area contributed by atoms with E-state index in [4.69, 9.17) is 0 Å². The van der Waals surface area contributed by atoms with Crippen molar-refractivity contribution in [3.63, 3.8) is 0 Å². The smallest absolute Gasteiger partial charge is 0.411 e. The Morgan fingerprint density at radius 2 is 1.86 bits per heavy atom. The van der Waals surface area contributed by atoms with E-state index in [1.165, 1.54) is 7.11 Å². The fraction of sp³-hybridized carbons (Fsp3) is 0.467. The van der Waals surface area contributed by atoms with Gasteiger partial charge in [-0.15, -0.1) is 24.0 Å². The van der Waals surface area contributed by atoms with Gasteiger partial charge in [-0.05, 0) is 23.6 Å². The topological polar surface area (TPSA) is 74.8 Å². The lowest BCUT2D eigenvalue weighted by atomic mass is 10.2. The van der Waals surface area contributed by atoms with Gasteiger partial charge in [0, 0.05) is 25.8 Å². The molecule has 0 aliphatic carbocycles. The average Bonchev–Trinajstić information content (AvgIpc) is 2.48. The molecule has 0 bridgehead atoms. The first-order valence-electron chi connectivity index (χ1n) is 6.93. The molecule has 7 heteroatoms. The number of halogens is 1. The molecule has 0 heterocycles. The van der Waals surface area contributed by atoms with Gasteiger partial charge in [-0.2, -0.15) is 0 Å². The molecule has 0 aliphatic rings. The molecule has 0 saturated carbocycles. The van der Waals surface area contributed by atoms with E-state index >= 15 is 0 Å². The molecule has 0 radical (unpaired) electrons. The van der Waals surface area contributed by atoms with E-state index in [2.05, 4.69) is 39.5 Å². The van der Waals surface area contributed by atoms with Gasteiger partial charge in [0.05, 0.1) is 7.11 Å². The van der Waals surface area contributed by atoms with Gasteiger partial charge >= 0.3 is 6.09 Å². The molecule has 6 nitrogen and oxygen atoms in total. The molecule has 0 unspecified atom stereocenters.